The fraction of sp³-hybridized carbons (Fsp3) is 0.641. The van der Waals surface area contributed by atoms with Crippen LogP contribution in [0.1, 0.15) is 91.9 Å². The topological polar surface area (TPSA) is 198 Å². The number of carbonyl (C=O) groups excluding carboxylic acids is 4. The van der Waals surface area contributed by atoms with E-state index in [1.165, 1.54) is 18.2 Å². The summed E-state index contributed by atoms with van der Waals surface area (Å²) in [6.45, 7) is 14.6. The summed E-state index contributed by atoms with van der Waals surface area (Å²) in [4.78, 5) is 54.8. The Morgan fingerprint density at radius 3 is 2.25 bits per heavy atom. The van der Waals surface area contributed by atoms with Crippen LogP contribution in [0.25, 0.3) is 0 Å². The van der Waals surface area contributed by atoms with Crippen molar-refractivity contribution in [3.8, 4) is 0 Å². The van der Waals surface area contributed by atoms with E-state index in [9.17, 15) is 39.6 Å². The Kier molecular flexibility index (Phi) is 10.4. The van der Waals surface area contributed by atoms with Crippen molar-refractivity contribution in [2.45, 2.75) is 135 Å². The Labute approximate surface area is 304 Å². The predicted molar refractivity (Wildman–Crippen MR) is 187 cm³/mol. The first-order valence-corrected chi connectivity index (χ1v) is 17.8. The molecule has 1 aromatic rings. The number of esters is 2. The van der Waals surface area contributed by atoms with Crippen molar-refractivity contribution >= 4 is 23.8 Å². The lowest BCUT2D eigenvalue weighted by atomic mass is 9.45. The summed E-state index contributed by atoms with van der Waals surface area (Å²) in [5.41, 5.74) is -6.54. The molecule has 5 N–H and O–H groups in total. The average molecular weight is 728 g/mol. The SMILES string of the molecule is CC(C)=C[C@H](NC(=O)OC(C)(C)C)[C@@H](O)C(=O)O[C@H]1C[C@@]2(O)[C@@H](OC(=O)c3ccccc3)[C@@H]3[C@]4(O)CO[C@@H]4CC[C@@]3(C)C(=O)[C@H](O)C(=C1C)C2(C)C. The third kappa shape index (κ3) is 6.70. The van der Waals surface area contributed by atoms with E-state index >= 15 is 0 Å². The number of hydrogen-bond acceptors (Lipinski definition) is 12. The number of aliphatic hydroxyl groups is 4. The summed E-state index contributed by atoms with van der Waals surface area (Å²) in [7, 11) is 0. The second-order valence-corrected chi connectivity index (χ2v) is 16.8. The standard InChI is InChI=1S/C39H53NO12/c1-20(2)17-23(40-34(46)52-35(4,5)6)27(41)33(45)50-24-18-39(48)31(51-32(44)22-13-11-10-12-14-22)29-37(9,16-15-25-38(29,47)19-49-25)30(43)28(42)26(21(24)3)36(39,7)8/h10-14,17,23-25,27-29,31,41-42,47-48H,15-16,18-19H2,1-9H3,(H,40,46)/t23-,24-,25+,27+,28+,29-,31-,37+,38-,39+/m0/s1. The second kappa shape index (κ2) is 13.7. The van der Waals surface area contributed by atoms with Crippen LogP contribution in [0.5, 0.6) is 0 Å². The Bertz CT molecular complexity index is 1660. The highest BCUT2D eigenvalue weighted by molar-refractivity contribution is 5.93. The molecule has 5 rings (SSSR count). The number of hydrogen-bond donors (Lipinski definition) is 5. The third-order valence-corrected chi connectivity index (χ3v) is 11.5. The van der Waals surface area contributed by atoms with Gasteiger partial charge in [0.05, 0.1) is 24.3 Å². The third-order valence-electron chi connectivity index (χ3n) is 11.5. The number of carbonyl (C=O) groups is 4. The van der Waals surface area contributed by atoms with Crippen LogP contribution in [0.3, 0.4) is 0 Å². The van der Waals surface area contributed by atoms with E-state index in [1.54, 1.807) is 80.5 Å². The molecule has 0 aromatic heterocycles. The summed E-state index contributed by atoms with van der Waals surface area (Å²) in [6, 6.07) is 6.82. The lowest BCUT2D eigenvalue weighted by Gasteiger charge is -2.66. The van der Waals surface area contributed by atoms with Crippen LogP contribution in [0.15, 0.2) is 53.1 Å². The van der Waals surface area contributed by atoms with Gasteiger partial charge in [0.25, 0.3) is 0 Å². The summed E-state index contributed by atoms with van der Waals surface area (Å²) >= 11 is 0. The fourth-order valence-corrected chi connectivity index (χ4v) is 8.77. The quantitative estimate of drug-likeness (QED) is 0.156. The predicted octanol–water partition coefficient (Wildman–Crippen LogP) is 3.31. The lowest BCUT2D eigenvalue weighted by Crippen LogP contribution is -2.78. The number of fused-ring (bicyclic) bond motifs is 5. The number of ether oxygens (including phenoxy) is 4. The van der Waals surface area contributed by atoms with Crippen LogP contribution in [-0.4, -0.2) is 104 Å². The molecule has 0 radical (unpaired) electrons. The maximum atomic E-state index is 14.6. The van der Waals surface area contributed by atoms with Crippen molar-refractivity contribution in [1.29, 1.82) is 0 Å². The molecule has 1 heterocycles. The summed E-state index contributed by atoms with van der Waals surface area (Å²) < 4.78 is 23.2. The van der Waals surface area contributed by atoms with Crippen LogP contribution in [0.2, 0.25) is 0 Å². The van der Waals surface area contributed by atoms with Gasteiger partial charge in [-0.3, -0.25) is 4.79 Å². The maximum absolute atomic E-state index is 14.6. The first kappa shape index (κ1) is 39.6. The van der Waals surface area contributed by atoms with Gasteiger partial charge in [-0.2, -0.15) is 0 Å². The molecule has 52 heavy (non-hydrogen) atoms. The fourth-order valence-electron chi connectivity index (χ4n) is 8.77. The molecule has 3 aliphatic carbocycles. The van der Waals surface area contributed by atoms with Gasteiger partial charge in [0, 0.05) is 23.2 Å². The Morgan fingerprint density at radius 1 is 1.06 bits per heavy atom. The number of benzene rings is 1. The van der Waals surface area contributed by atoms with Gasteiger partial charge in [0.2, 0.25) is 0 Å². The largest absolute Gasteiger partial charge is 0.456 e. The summed E-state index contributed by atoms with van der Waals surface area (Å²) in [5, 5.41) is 51.1. The van der Waals surface area contributed by atoms with Gasteiger partial charge in [0.15, 0.2) is 11.9 Å². The monoisotopic (exact) mass is 727 g/mol. The molecule has 13 heteroatoms. The first-order valence-electron chi connectivity index (χ1n) is 17.8. The van der Waals surface area contributed by atoms with Crippen molar-refractivity contribution in [2.24, 2.45) is 16.7 Å². The molecule has 4 aliphatic rings. The maximum Gasteiger partial charge on any atom is 0.408 e. The molecular formula is C39H53NO12. The number of allylic oxidation sites excluding steroid dienone is 1. The van der Waals surface area contributed by atoms with E-state index in [0.717, 1.165) is 0 Å². The molecule has 2 bridgehead atoms. The molecule has 1 aliphatic heterocycles. The molecule has 1 aromatic carbocycles. The van der Waals surface area contributed by atoms with Gasteiger partial charge in [-0.1, -0.05) is 50.6 Å². The lowest BCUT2D eigenvalue weighted by molar-refractivity contribution is -0.329. The highest BCUT2D eigenvalue weighted by Crippen LogP contribution is 2.63. The van der Waals surface area contributed by atoms with E-state index < -0.39 is 100 Å². The molecule has 0 spiro atoms. The van der Waals surface area contributed by atoms with Gasteiger partial charge >= 0.3 is 18.0 Å². The molecule has 1 amide bonds. The average Bonchev–Trinajstić information content (AvgIpc) is 3.03. The first-order chi connectivity index (χ1) is 24.0. The normalized spacial score (nSPS) is 34.9. The minimum absolute atomic E-state index is 0.0747. The molecule has 13 nitrogen and oxygen atoms in total. The Balaban J connectivity index is 1.60. The number of amides is 1. The van der Waals surface area contributed by atoms with Crippen LogP contribution in [0, 0.1) is 16.7 Å². The zero-order valence-electron chi connectivity index (χ0n) is 31.4. The molecular weight excluding hydrogens is 674 g/mol. The Hall–Kier alpha value is -3.62. The van der Waals surface area contributed by atoms with Crippen molar-refractivity contribution < 1.29 is 58.6 Å². The van der Waals surface area contributed by atoms with Gasteiger partial charge < -0.3 is 44.7 Å². The molecule has 0 unspecified atom stereocenters. The van der Waals surface area contributed by atoms with Crippen LogP contribution < -0.4 is 5.32 Å². The highest BCUT2D eigenvalue weighted by atomic mass is 16.6. The smallest absolute Gasteiger partial charge is 0.408 e. The Morgan fingerprint density at radius 2 is 1.69 bits per heavy atom. The van der Waals surface area contributed by atoms with E-state index in [-0.39, 0.29) is 29.7 Å². The number of alkyl carbamates (subject to hydrolysis) is 1. The van der Waals surface area contributed by atoms with Gasteiger partial charge in [0.1, 0.15) is 35.1 Å². The number of aliphatic hydroxyl groups excluding tert-OH is 2. The summed E-state index contributed by atoms with van der Waals surface area (Å²) in [6.07, 6.45) is -6.72. The zero-order chi connectivity index (χ0) is 38.8. The van der Waals surface area contributed by atoms with E-state index in [1.807, 2.05) is 0 Å². The van der Waals surface area contributed by atoms with Crippen LogP contribution in [-0.2, 0) is 28.5 Å². The number of ketones is 1. The molecule has 286 valence electrons. The van der Waals surface area contributed by atoms with Crippen LogP contribution >= 0.6 is 0 Å². The van der Waals surface area contributed by atoms with Crippen molar-refractivity contribution in [1.82, 2.24) is 5.32 Å². The van der Waals surface area contributed by atoms with Gasteiger partial charge in [-0.15, -0.1) is 0 Å². The van der Waals surface area contributed by atoms with Gasteiger partial charge in [-0.05, 0) is 77.7 Å². The molecule has 10 atom stereocenters. The van der Waals surface area contributed by atoms with E-state index in [0.29, 0.717) is 12.0 Å². The van der Waals surface area contributed by atoms with Crippen molar-refractivity contribution in [2.75, 3.05) is 6.61 Å². The zero-order valence-corrected chi connectivity index (χ0v) is 31.4. The summed E-state index contributed by atoms with van der Waals surface area (Å²) in [5.74, 6) is -3.87. The minimum atomic E-state index is -2.17. The molecule has 3 fully saturated rings. The second-order valence-electron chi connectivity index (χ2n) is 16.8. The van der Waals surface area contributed by atoms with E-state index in [2.05, 4.69) is 5.32 Å². The molecule has 1 saturated heterocycles. The molecule has 2 saturated carbocycles. The van der Waals surface area contributed by atoms with Crippen molar-refractivity contribution in [3.63, 3.8) is 0 Å². The van der Waals surface area contributed by atoms with Gasteiger partial charge in [-0.25, -0.2) is 14.4 Å². The minimum Gasteiger partial charge on any atom is -0.456 e. The highest BCUT2D eigenvalue weighted by Gasteiger charge is 2.74. The number of rotatable bonds is 7. The number of Topliss-reactive ketones (excluding diaryl/α,β-unsaturated/α-hetero) is 1. The van der Waals surface area contributed by atoms with Crippen molar-refractivity contribution in [3.05, 3.63) is 58.7 Å². The van der Waals surface area contributed by atoms with E-state index in [4.69, 9.17) is 18.9 Å². The van der Waals surface area contributed by atoms with Crippen LogP contribution in [0.4, 0.5) is 4.79 Å². The number of nitrogens with one attached hydrogen (secondary N) is 1.